The molecular weight excluding hydrogens is 260 g/mol. The van der Waals surface area contributed by atoms with Crippen molar-refractivity contribution in [3.63, 3.8) is 0 Å². The Hall–Kier alpha value is -1.09. The molecule has 4 rings (SSSR count). The van der Waals surface area contributed by atoms with Crippen LogP contribution in [0.1, 0.15) is 24.8 Å². The highest BCUT2D eigenvalue weighted by atomic mass is 35.5. The maximum atomic E-state index is 12.4. The number of anilines is 1. The second-order valence-corrected chi connectivity index (χ2v) is 6.71. The maximum absolute atomic E-state index is 12.4. The second-order valence-electron chi connectivity index (χ2n) is 6.35. The molecule has 1 aromatic heterocycles. The van der Waals surface area contributed by atoms with Crippen LogP contribution in [0, 0.1) is 36.5 Å². The molecule has 1 amide bonds. The van der Waals surface area contributed by atoms with E-state index in [0.717, 1.165) is 17.4 Å². The molecule has 2 bridgehead atoms. The number of aryl methyl sites for hydroxylation is 1. The summed E-state index contributed by atoms with van der Waals surface area (Å²) in [6.45, 7) is 1.95. The van der Waals surface area contributed by atoms with E-state index in [0.29, 0.717) is 22.7 Å². The van der Waals surface area contributed by atoms with Gasteiger partial charge in [0.2, 0.25) is 5.91 Å². The van der Waals surface area contributed by atoms with Crippen LogP contribution in [0.4, 0.5) is 5.69 Å². The SMILES string of the molecule is Cc1cnc(Cl)c(NC(=O)C2C3C4CCC(C4)C23)c1. The van der Waals surface area contributed by atoms with E-state index in [9.17, 15) is 4.79 Å². The van der Waals surface area contributed by atoms with Gasteiger partial charge in [-0.3, -0.25) is 4.79 Å². The van der Waals surface area contributed by atoms with Crippen LogP contribution >= 0.6 is 11.6 Å². The number of halogens is 1. The molecule has 3 saturated carbocycles. The summed E-state index contributed by atoms with van der Waals surface area (Å²) in [5.74, 6) is 3.35. The van der Waals surface area contributed by atoms with Crippen molar-refractivity contribution < 1.29 is 4.79 Å². The molecule has 4 unspecified atom stereocenters. The Morgan fingerprint density at radius 2 is 2.05 bits per heavy atom. The molecule has 0 aromatic carbocycles. The molecule has 4 atom stereocenters. The number of hydrogen-bond acceptors (Lipinski definition) is 2. The highest BCUT2D eigenvalue weighted by Gasteiger charge is 2.67. The Morgan fingerprint density at radius 3 is 2.74 bits per heavy atom. The van der Waals surface area contributed by atoms with E-state index in [1.807, 2.05) is 13.0 Å². The minimum atomic E-state index is 0.154. The van der Waals surface area contributed by atoms with E-state index in [1.54, 1.807) is 6.20 Å². The minimum absolute atomic E-state index is 0.154. The first kappa shape index (κ1) is 11.7. The van der Waals surface area contributed by atoms with E-state index in [2.05, 4.69) is 10.3 Å². The molecular formula is C15H17ClN2O. The molecule has 19 heavy (non-hydrogen) atoms. The van der Waals surface area contributed by atoms with Crippen LogP contribution in [0.25, 0.3) is 0 Å². The number of pyridine rings is 1. The molecule has 3 aliphatic rings. The summed E-state index contributed by atoms with van der Waals surface area (Å²) >= 11 is 6.03. The van der Waals surface area contributed by atoms with Gasteiger partial charge in [0.15, 0.2) is 5.15 Å². The van der Waals surface area contributed by atoms with Crippen molar-refractivity contribution in [1.82, 2.24) is 4.98 Å². The molecule has 0 radical (unpaired) electrons. The van der Waals surface area contributed by atoms with E-state index in [4.69, 9.17) is 11.6 Å². The number of fused-ring (bicyclic) bond motifs is 5. The maximum Gasteiger partial charge on any atom is 0.228 e. The van der Waals surface area contributed by atoms with Crippen LogP contribution < -0.4 is 5.32 Å². The third-order valence-electron chi connectivity index (χ3n) is 5.27. The lowest BCUT2D eigenvalue weighted by atomic mass is 10.0. The highest BCUT2D eigenvalue weighted by Crippen LogP contribution is 2.69. The summed E-state index contributed by atoms with van der Waals surface area (Å²) in [4.78, 5) is 16.4. The average Bonchev–Trinajstić information content (AvgIpc) is 2.83. The Morgan fingerprint density at radius 1 is 1.37 bits per heavy atom. The summed E-state index contributed by atoms with van der Waals surface area (Å²) in [6.07, 6.45) is 5.75. The zero-order chi connectivity index (χ0) is 13.1. The average molecular weight is 277 g/mol. The number of aromatic nitrogens is 1. The molecule has 1 N–H and O–H groups in total. The third kappa shape index (κ3) is 1.71. The van der Waals surface area contributed by atoms with Crippen molar-refractivity contribution in [2.75, 3.05) is 5.32 Å². The van der Waals surface area contributed by atoms with Gasteiger partial charge in [0.25, 0.3) is 0 Å². The van der Waals surface area contributed by atoms with Crippen LogP contribution in [0.5, 0.6) is 0 Å². The number of amides is 1. The molecule has 3 nitrogen and oxygen atoms in total. The van der Waals surface area contributed by atoms with Gasteiger partial charge in [0.1, 0.15) is 0 Å². The number of nitrogens with zero attached hydrogens (tertiary/aromatic N) is 1. The molecule has 0 saturated heterocycles. The number of carbonyl (C=O) groups excluding carboxylic acids is 1. The van der Waals surface area contributed by atoms with Crippen LogP contribution in [-0.4, -0.2) is 10.9 Å². The Kier molecular flexibility index (Phi) is 2.44. The molecule has 0 spiro atoms. The van der Waals surface area contributed by atoms with Crippen LogP contribution in [-0.2, 0) is 4.79 Å². The van der Waals surface area contributed by atoms with Crippen LogP contribution in [0.2, 0.25) is 5.15 Å². The lowest BCUT2D eigenvalue weighted by Crippen LogP contribution is -2.19. The number of nitrogens with one attached hydrogen (secondary N) is 1. The van der Waals surface area contributed by atoms with Gasteiger partial charge in [-0.05, 0) is 61.5 Å². The lowest BCUT2D eigenvalue weighted by molar-refractivity contribution is -0.118. The van der Waals surface area contributed by atoms with Gasteiger partial charge in [0.05, 0.1) is 5.69 Å². The fourth-order valence-corrected chi connectivity index (χ4v) is 4.68. The normalized spacial score (nSPS) is 38.1. The van der Waals surface area contributed by atoms with Gasteiger partial charge in [-0.25, -0.2) is 4.98 Å². The van der Waals surface area contributed by atoms with Crippen molar-refractivity contribution >= 4 is 23.2 Å². The fourth-order valence-electron chi connectivity index (χ4n) is 4.53. The molecule has 3 aliphatic carbocycles. The zero-order valence-corrected chi connectivity index (χ0v) is 11.7. The predicted molar refractivity (Wildman–Crippen MR) is 73.9 cm³/mol. The van der Waals surface area contributed by atoms with Crippen molar-refractivity contribution in [3.8, 4) is 0 Å². The summed E-state index contributed by atoms with van der Waals surface area (Å²) in [5.41, 5.74) is 1.67. The topological polar surface area (TPSA) is 42.0 Å². The number of rotatable bonds is 2. The number of hydrogen-bond donors (Lipinski definition) is 1. The summed E-state index contributed by atoms with van der Waals surface area (Å²) in [6, 6.07) is 1.89. The van der Waals surface area contributed by atoms with E-state index >= 15 is 0 Å². The Balaban J connectivity index is 1.50. The molecule has 0 aliphatic heterocycles. The number of carbonyl (C=O) groups is 1. The van der Waals surface area contributed by atoms with Crippen LogP contribution in [0.3, 0.4) is 0 Å². The molecule has 1 aromatic rings. The predicted octanol–water partition coefficient (Wildman–Crippen LogP) is 3.27. The molecule has 1 heterocycles. The monoisotopic (exact) mass is 276 g/mol. The summed E-state index contributed by atoms with van der Waals surface area (Å²) in [7, 11) is 0. The van der Waals surface area contributed by atoms with Crippen LogP contribution in [0.15, 0.2) is 12.3 Å². The third-order valence-corrected chi connectivity index (χ3v) is 5.57. The molecule has 100 valence electrons. The van der Waals surface area contributed by atoms with Gasteiger partial charge in [-0.1, -0.05) is 11.6 Å². The Bertz CT molecular complexity index is 543. The van der Waals surface area contributed by atoms with Gasteiger partial charge >= 0.3 is 0 Å². The van der Waals surface area contributed by atoms with E-state index < -0.39 is 0 Å². The largest absolute Gasteiger partial charge is 0.323 e. The van der Waals surface area contributed by atoms with Crippen molar-refractivity contribution in [2.24, 2.45) is 29.6 Å². The lowest BCUT2D eigenvalue weighted by Gasteiger charge is -2.10. The quantitative estimate of drug-likeness (QED) is 0.843. The molecule has 4 heteroatoms. The smallest absolute Gasteiger partial charge is 0.228 e. The Labute approximate surface area is 117 Å². The standard InChI is InChI=1S/C15H17ClN2O/c1-7-4-10(14(16)17-6-7)18-15(19)13-11-8-2-3-9(5-8)12(11)13/h4,6,8-9,11-13H,2-3,5H2,1H3,(H,18,19). The second kappa shape index (κ2) is 3.95. The van der Waals surface area contributed by atoms with Gasteiger partial charge in [-0.2, -0.15) is 0 Å². The fraction of sp³-hybridized carbons (Fsp3) is 0.600. The van der Waals surface area contributed by atoms with Crippen molar-refractivity contribution in [1.29, 1.82) is 0 Å². The summed E-state index contributed by atoms with van der Waals surface area (Å²) in [5, 5.41) is 3.36. The van der Waals surface area contributed by atoms with Gasteiger partial charge in [-0.15, -0.1) is 0 Å². The van der Waals surface area contributed by atoms with Gasteiger partial charge in [0, 0.05) is 12.1 Å². The first-order chi connectivity index (χ1) is 9.15. The zero-order valence-electron chi connectivity index (χ0n) is 10.9. The first-order valence-corrected chi connectivity index (χ1v) is 7.46. The minimum Gasteiger partial charge on any atom is -0.323 e. The summed E-state index contributed by atoms with van der Waals surface area (Å²) < 4.78 is 0. The first-order valence-electron chi connectivity index (χ1n) is 7.08. The van der Waals surface area contributed by atoms with Gasteiger partial charge < -0.3 is 5.32 Å². The van der Waals surface area contributed by atoms with Crippen molar-refractivity contribution in [2.45, 2.75) is 26.2 Å². The van der Waals surface area contributed by atoms with Crippen molar-refractivity contribution in [3.05, 3.63) is 23.0 Å². The van der Waals surface area contributed by atoms with E-state index in [-0.39, 0.29) is 11.8 Å². The molecule has 3 fully saturated rings. The highest BCUT2D eigenvalue weighted by molar-refractivity contribution is 6.32. The van der Waals surface area contributed by atoms with E-state index in [1.165, 1.54) is 19.3 Å².